The summed E-state index contributed by atoms with van der Waals surface area (Å²) in [5.74, 6) is -0.849. The number of carbonyl (C=O) groups is 2. The predicted molar refractivity (Wildman–Crippen MR) is 339 cm³/mol. The molecular formula is C69H113NO8P+. The molecule has 2 atom stereocenters. The molecule has 0 heterocycles. The number of nitrogens with zero attached hydrogens (tertiary/aromatic N) is 1. The summed E-state index contributed by atoms with van der Waals surface area (Å²) in [6, 6.07) is 0. The second-order valence-electron chi connectivity index (χ2n) is 21.0. The molecule has 0 aromatic heterocycles. The Hall–Kier alpha value is -4.37. The van der Waals surface area contributed by atoms with Gasteiger partial charge in [0.25, 0.3) is 0 Å². The average molecular weight is 1120 g/mol. The van der Waals surface area contributed by atoms with Crippen molar-refractivity contribution >= 4 is 19.8 Å². The van der Waals surface area contributed by atoms with Gasteiger partial charge in [-0.15, -0.1) is 0 Å². The molecule has 0 aliphatic heterocycles. The minimum absolute atomic E-state index is 0.0171. The number of likely N-dealkylation sites (N-methyl/N-ethyl adjacent to an activating group) is 1. The SMILES string of the molecule is CC/C=C\C/C=C\C/C=C\C/C=C\C/C=C\C/C=C\C/C=C\C/C=C\C/C=C\C/C=C\C/C=C\C/C=C\CCCCCCC(=O)OC(COC(=O)CCCCCCC/C=C\CCCCCCC)COP(=O)(O)OCC[N+](C)(C)C. The number of hydrogen-bond donors (Lipinski definition) is 1. The first-order valence-corrected chi connectivity index (χ1v) is 32.2. The van der Waals surface area contributed by atoms with Gasteiger partial charge >= 0.3 is 19.8 Å². The number of allylic oxidation sites excluding steroid dienone is 26. The number of esters is 2. The molecule has 0 aliphatic carbocycles. The van der Waals surface area contributed by atoms with Crippen LogP contribution in [0.15, 0.2) is 158 Å². The second-order valence-corrected chi connectivity index (χ2v) is 22.5. The van der Waals surface area contributed by atoms with E-state index in [-0.39, 0.29) is 32.0 Å². The Balaban J connectivity index is 4.19. The highest BCUT2D eigenvalue weighted by Crippen LogP contribution is 2.43. The van der Waals surface area contributed by atoms with Crippen LogP contribution in [0, 0.1) is 0 Å². The monoisotopic (exact) mass is 1110 g/mol. The van der Waals surface area contributed by atoms with E-state index in [4.69, 9.17) is 18.5 Å². The molecule has 2 unspecified atom stereocenters. The van der Waals surface area contributed by atoms with Crippen molar-refractivity contribution in [2.24, 2.45) is 0 Å². The molecule has 0 saturated heterocycles. The summed E-state index contributed by atoms with van der Waals surface area (Å²) in [7, 11) is 1.43. The maximum Gasteiger partial charge on any atom is 0.472 e. The van der Waals surface area contributed by atoms with Gasteiger partial charge in [0.15, 0.2) is 6.10 Å². The Morgan fingerprint density at radius 2 is 0.722 bits per heavy atom. The van der Waals surface area contributed by atoms with Gasteiger partial charge in [0.1, 0.15) is 19.8 Å². The first kappa shape index (κ1) is 74.6. The van der Waals surface area contributed by atoms with Crippen molar-refractivity contribution < 1.29 is 42.1 Å². The topological polar surface area (TPSA) is 108 Å². The average Bonchev–Trinajstić information content (AvgIpc) is 3.41. The zero-order valence-corrected chi connectivity index (χ0v) is 51.4. The fourth-order valence-corrected chi connectivity index (χ4v) is 8.32. The Kier molecular flexibility index (Phi) is 55.1. The van der Waals surface area contributed by atoms with E-state index >= 15 is 0 Å². The van der Waals surface area contributed by atoms with Gasteiger partial charge in [-0.2, -0.15) is 0 Å². The molecule has 0 radical (unpaired) electrons. The van der Waals surface area contributed by atoms with E-state index in [1.165, 1.54) is 38.5 Å². The molecule has 0 aliphatic rings. The highest BCUT2D eigenvalue weighted by atomic mass is 31.2. The van der Waals surface area contributed by atoms with Crippen molar-refractivity contribution in [2.45, 2.75) is 219 Å². The predicted octanol–water partition coefficient (Wildman–Crippen LogP) is 19.6. The van der Waals surface area contributed by atoms with Crippen molar-refractivity contribution in [1.29, 1.82) is 0 Å². The largest absolute Gasteiger partial charge is 0.472 e. The standard InChI is InChI=1S/C69H112NO8P/c1-6-8-10-12-14-16-18-20-22-23-24-25-26-27-28-29-30-31-32-33-34-35-36-37-38-39-40-41-42-43-44-45-46-47-48-50-52-54-56-58-60-62-69(72)78-67(66-77-79(73,74)76-64-63-70(3,4)5)65-75-68(71)61-59-57-55-53-51-49-21-19-17-15-13-11-9-7-2/h8,10,14,16,19-22,24-25,27-28,30-31,33-34,36-37,39-40,42-43,45-46,48,50,67H,6-7,9,11-13,15,17-18,23,26,29,32,35,38,41,44,47,49,51-66H2,1-5H3/p+1/b10-8-,16-14-,21-19-,22-20-,25-24-,28-27-,31-30-,34-33-,37-36-,40-39-,43-42-,46-45-,50-48-. The summed E-state index contributed by atoms with van der Waals surface area (Å²) in [5.41, 5.74) is 0. The molecule has 0 bridgehead atoms. The van der Waals surface area contributed by atoms with E-state index in [1.807, 2.05) is 21.1 Å². The fraction of sp³-hybridized carbons (Fsp3) is 0.594. The van der Waals surface area contributed by atoms with E-state index < -0.39 is 26.5 Å². The Labute approximate surface area is 484 Å². The van der Waals surface area contributed by atoms with Crippen molar-refractivity contribution in [2.75, 3.05) is 47.5 Å². The summed E-state index contributed by atoms with van der Waals surface area (Å²) in [5, 5.41) is 0. The number of hydrogen-bond acceptors (Lipinski definition) is 7. The third-order valence-corrected chi connectivity index (χ3v) is 13.3. The van der Waals surface area contributed by atoms with Crippen LogP contribution in [0.3, 0.4) is 0 Å². The summed E-state index contributed by atoms with van der Waals surface area (Å²) in [4.78, 5) is 35.6. The quantitative estimate of drug-likeness (QED) is 0.0211. The Bertz CT molecular complexity index is 1890. The molecule has 10 heteroatoms. The van der Waals surface area contributed by atoms with E-state index in [1.54, 1.807) is 0 Å². The van der Waals surface area contributed by atoms with Gasteiger partial charge in [-0.1, -0.05) is 230 Å². The van der Waals surface area contributed by atoms with Gasteiger partial charge in [-0.05, 0) is 128 Å². The van der Waals surface area contributed by atoms with E-state index in [0.717, 1.165) is 141 Å². The normalized spacial score (nSPS) is 14.4. The van der Waals surface area contributed by atoms with Crippen LogP contribution in [-0.4, -0.2) is 74.9 Å². The van der Waals surface area contributed by atoms with Crippen molar-refractivity contribution in [3.63, 3.8) is 0 Å². The number of phosphoric acid groups is 1. The minimum atomic E-state index is -4.40. The molecule has 0 spiro atoms. The van der Waals surface area contributed by atoms with Crippen molar-refractivity contribution in [3.05, 3.63) is 158 Å². The van der Waals surface area contributed by atoms with E-state index in [0.29, 0.717) is 17.4 Å². The first-order valence-electron chi connectivity index (χ1n) is 30.7. The Morgan fingerprint density at radius 1 is 0.405 bits per heavy atom. The molecule has 0 rings (SSSR count). The lowest BCUT2D eigenvalue weighted by molar-refractivity contribution is -0.870. The smallest absolute Gasteiger partial charge is 0.462 e. The first-order chi connectivity index (χ1) is 38.5. The molecule has 446 valence electrons. The highest BCUT2D eigenvalue weighted by molar-refractivity contribution is 7.47. The number of phosphoric ester groups is 1. The maximum atomic E-state index is 12.8. The molecule has 79 heavy (non-hydrogen) atoms. The molecular weight excluding hydrogens is 1000 g/mol. The number of carbonyl (C=O) groups excluding carboxylic acids is 2. The van der Waals surface area contributed by atoms with Gasteiger partial charge in [0, 0.05) is 12.8 Å². The lowest BCUT2D eigenvalue weighted by Gasteiger charge is -2.24. The van der Waals surface area contributed by atoms with Crippen molar-refractivity contribution in [3.8, 4) is 0 Å². The molecule has 0 amide bonds. The van der Waals surface area contributed by atoms with Gasteiger partial charge in [0.05, 0.1) is 27.7 Å². The molecule has 0 aromatic rings. The zero-order valence-electron chi connectivity index (χ0n) is 50.5. The second kappa shape index (κ2) is 58.3. The van der Waals surface area contributed by atoms with Crippen LogP contribution >= 0.6 is 7.82 Å². The van der Waals surface area contributed by atoms with Crippen LogP contribution in [0.25, 0.3) is 0 Å². The molecule has 9 nitrogen and oxygen atoms in total. The third kappa shape index (κ3) is 62.7. The Morgan fingerprint density at radius 3 is 1.09 bits per heavy atom. The minimum Gasteiger partial charge on any atom is -0.462 e. The summed E-state index contributed by atoms with van der Waals surface area (Å²) < 4.78 is 34.5. The maximum absolute atomic E-state index is 12.8. The van der Waals surface area contributed by atoms with Crippen LogP contribution in [0.2, 0.25) is 0 Å². The van der Waals surface area contributed by atoms with E-state index in [9.17, 15) is 19.0 Å². The van der Waals surface area contributed by atoms with Gasteiger partial charge < -0.3 is 18.9 Å². The van der Waals surface area contributed by atoms with Gasteiger partial charge in [-0.3, -0.25) is 18.6 Å². The van der Waals surface area contributed by atoms with Crippen LogP contribution in [0.5, 0.6) is 0 Å². The number of quaternary nitrogens is 1. The lowest BCUT2D eigenvalue weighted by Crippen LogP contribution is -2.37. The number of ether oxygens (including phenoxy) is 2. The van der Waals surface area contributed by atoms with Crippen LogP contribution in [0.4, 0.5) is 0 Å². The van der Waals surface area contributed by atoms with Crippen molar-refractivity contribution in [1.82, 2.24) is 0 Å². The van der Waals surface area contributed by atoms with E-state index in [2.05, 4.69) is 172 Å². The molecule has 1 N–H and O–H groups in total. The van der Waals surface area contributed by atoms with Crippen LogP contribution in [0.1, 0.15) is 213 Å². The van der Waals surface area contributed by atoms with Gasteiger partial charge in [0.2, 0.25) is 0 Å². The highest BCUT2D eigenvalue weighted by Gasteiger charge is 2.27. The lowest BCUT2D eigenvalue weighted by atomic mass is 10.1. The fourth-order valence-electron chi connectivity index (χ4n) is 7.58. The summed E-state index contributed by atoms with van der Waals surface area (Å²) in [6.45, 7) is 4.24. The third-order valence-electron chi connectivity index (χ3n) is 12.3. The number of unbranched alkanes of at least 4 members (excludes halogenated alkanes) is 14. The zero-order chi connectivity index (χ0) is 57.7. The van der Waals surface area contributed by atoms with Crippen LogP contribution < -0.4 is 0 Å². The molecule has 0 saturated carbocycles. The number of rotatable bonds is 54. The van der Waals surface area contributed by atoms with Crippen LogP contribution in [-0.2, 0) is 32.7 Å². The summed E-state index contributed by atoms with van der Waals surface area (Å²) in [6.07, 6.45) is 87.6. The molecule has 0 aromatic carbocycles. The summed E-state index contributed by atoms with van der Waals surface area (Å²) >= 11 is 0. The molecule has 0 fully saturated rings. The van der Waals surface area contributed by atoms with Gasteiger partial charge in [-0.25, -0.2) is 4.57 Å².